The number of thiophene rings is 1. The minimum atomic E-state index is -4.59. The van der Waals surface area contributed by atoms with Crippen molar-refractivity contribution in [3.8, 4) is 0 Å². The van der Waals surface area contributed by atoms with Crippen LogP contribution in [-0.4, -0.2) is 23.5 Å². The SMILES string of the molecule is O=C(COC(=O)CCc1ccsc1)Nc1ncc(C(F)(F)F)cc1Cl. The maximum Gasteiger partial charge on any atom is 0.417 e. The standard InChI is InChI=1S/C15H12ClF3N2O3S/c16-11-5-10(15(17,18)19)6-20-14(11)21-12(22)7-24-13(23)2-1-9-3-4-25-8-9/h3-6,8H,1-2,7H2,(H,20,21,22). The minimum Gasteiger partial charge on any atom is -0.456 e. The summed E-state index contributed by atoms with van der Waals surface area (Å²) in [6.07, 6.45) is -3.43. The van der Waals surface area contributed by atoms with Gasteiger partial charge in [0.1, 0.15) is 0 Å². The fourth-order valence-electron chi connectivity index (χ4n) is 1.75. The zero-order valence-corrected chi connectivity index (χ0v) is 14.2. The number of aryl methyl sites for hydroxylation is 1. The molecule has 10 heteroatoms. The summed E-state index contributed by atoms with van der Waals surface area (Å²) in [6, 6.07) is 2.53. The molecular weight excluding hydrogens is 381 g/mol. The van der Waals surface area contributed by atoms with E-state index in [0.717, 1.165) is 5.56 Å². The van der Waals surface area contributed by atoms with E-state index in [2.05, 4.69) is 10.3 Å². The Labute approximate surface area is 149 Å². The molecule has 5 nitrogen and oxygen atoms in total. The van der Waals surface area contributed by atoms with Crippen LogP contribution in [0.4, 0.5) is 19.0 Å². The van der Waals surface area contributed by atoms with Gasteiger partial charge in [0.05, 0.1) is 10.6 Å². The van der Waals surface area contributed by atoms with Gasteiger partial charge in [-0.05, 0) is 34.9 Å². The van der Waals surface area contributed by atoms with Crippen LogP contribution in [0.25, 0.3) is 0 Å². The molecule has 0 aliphatic carbocycles. The minimum absolute atomic E-state index is 0.114. The van der Waals surface area contributed by atoms with E-state index in [1.54, 1.807) is 0 Å². The highest BCUT2D eigenvalue weighted by atomic mass is 35.5. The Balaban J connectivity index is 1.81. The van der Waals surface area contributed by atoms with Crippen LogP contribution in [-0.2, 0) is 26.9 Å². The third kappa shape index (κ3) is 6.02. The van der Waals surface area contributed by atoms with Gasteiger partial charge in [-0.3, -0.25) is 9.59 Å². The molecule has 2 aromatic heterocycles. The molecule has 0 radical (unpaired) electrons. The summed E-state index contributed by atoms with van der Waals surface area (Å²) in [6.45, 7) is -0.582. The summed E-state index contributed by atoms with van der Waals surface area (Å²) >= 11 is 7.17. The maximum absolute atomic E-state index is 12.5. The van der Waals surface area contributed by atoms with E-state index in [0.29, 0.717) is 18.7 Å². The largest absolute Gasteiger partial charge is 0.456 e. The Morgan fingerprint density at radius 1 is 1.36 bits per heavy atom. The van der Waals surface area contributed by atoms with Gasteiger partial charge in [-0.2, -0.15) is 24.5 Å². The first-order chi connectivity index (χ1) is 11.8. The first-order valence-electron chi connectivity index (χ1n) is 6.95. The number of anilines is 1. The number of carbonyl (C=O) groups is 2. The highest BCUT2D eigenvalue weighted by Gasteiger charge is 2.31. The number of ether oxygens (including phenoxy) is 1. The van der Waals surface area contributed by atoms with Gasteiger partial charge in [-0.1, -0.05) is 11.6 Å². The highest BCUT2D eigenvalue weighted by Crippen LogP contribution is 2.32. The molecule has 0 saturated heterocycles. The summed E-state index contributed by atoms with van der Waals surface area (Å²) in [5.74, 6) is -1.56. The molecule has 0 fully saturated rings. The second-order valence-corrected chi connectivity index (χ2v) is 6.08. The third-order valence-corrected chi connectivity index (χ3v) is 4.01. The molecule has 0 atom stereocenters. The molecule has 25 heavy (non-hydrogen) atoms. The van der Waals surface area contributed by atoms with E-state index in [1.165, 1.54) is 11.3 Å². The van der Waals surface area contributed by atoms with E-state index in [-0.39, 0.29) is 17.3 Å². The van der Waals surface area contributed by atoms with E-state index >= 15 is 0 Å². The van der Waals surface area contributed by atoms with Crippen molar-refractivity contribution in [2.75, 3.05) is 11.9 Å². The summed E-state index contributed by atoms with van der Waals surface area (Å²) in [4.78, 5) is 26.7. The first kappa shape index (κ1) is 19.2. The fourth-order valence-corrected chi connectivity index (χ4v) is 2.67. The lowest BCUT2D eigenvalue weighted by Gasteiger charge is -2.10. The van der Waals surface area contributed by atoms with Gasteiger partial charge in [0.25, 0.3) is 5.91 Å². The maximum atomic E-state index is 12.5. The number of nitrogens with one attached hydrogen (secondary N) is 1. The van der Waals surface area contributed by atoms with Crippen LogP contribution in [0, 0.1) is 0 Å². The predicted molar refractivity (Wildman–Crippen MR) is 86.5 cm³/mol. The molecule has 134 valence electrons. The van der Waals surface area contributed by atoms with Gasteiger partial charge >= 0.3 is 12.1 Å². The average Bonchev–Trinajstić information content (AvgIpc) is 3.05. The second-order valence-electron chi connectivity index (χ2n) is 4.89. The van der Waals surface area contributed by atoms with Crippen LogP contribution in [0.3, 0.4) is 0 Å². The Morgan fingerprint density at radius 2 is 2.12 bits per heavy atom. The summed E-state index contributed by atoms with van der Waals surface area (Å²) in [5.41, 5.74) is -0.0394. The Hall–Kier alpha value is -2.13. The number of esters is 1. The monoisotopic (exact) mass is 392 g/mol. The van der Waals surface area contributed by atoms with Crippen LogP contribution in [0.1, 0.15) is 17.5 Å². The van der Waals surface area contributed by atoms with Crippen molar-refractivity contribution >= 4 is 40.6 Å². The smallest absolute Gasteiger partial charge is 0.417 e. The number of halogens is 4. The summed E-state index contributed by atoms with van der Waals surface area (Å²) in [7, 11) is 0. The third-order valence-electron chi connectivity index (χ3n) is 2.99. The Bertz CT molecular complexity index is 751. The highest BCUT2D eigenvalue weighted by molar-refractivity contribution is 7.07. The molecular formula is C15H12ClF3N2O3S. The number of pyridine rings is 1. The molecule has 1 amide bonds. The molecule has 0 saturated carbocycles. The number of carbonyl (C=O) groups excluding carboxylic acids is 2. The predicted octanol–water partition coefficient (Wildman–Crippen LogP) is 3.93. The number of amides is 1. The first-order valence-corrected chi connectivity index (χ1v) is 8.27. The van der Waals surface area contributed by atoms with Crippen LogP contribution in [0.2, 0.25) is 5.02 Å². The lowest BCUT2D eigenvalue weighted by molar-refractivity contribution is -0.147. The topological polar surface area (TPSA) is 68.3 Å². The molecule has 0 spiro atoms. The number of rotatable bonds is 6. The van der Waals surface area contributed by atoms with Crippen LogP contribution < -0.4 is 5.32 Å². The molecule has 2 rings (SSSR count). The van der Waals surface area contributed by atoms with Crippen LogP contribution in [0.15, 0.2) is 29.1 Å². The normalized spacial score (nSPS) is 11.2. The molecule has 0 unspecified atom stereocenters. The van der Waals surface area contributed by atoms with Gasteiger partial charge in [-0.15, -0.1) is 0 Å². The lowest BCUT2D eigenvalue weighted by Crippen LogP contribution is -2.22. The number of hydrogen-bond acceptors (Lipinski definition) is 5. The molecule has 0 aliphatic rings. The average molecular weight is 393 g/mol. The molecule has 0 aliphatic heterocycles. The zero-order valence-electron chi connectivity index (χ0n) is 12.6. The zero-order chi connectivity index (χ0) is 18.4. The van der Waals surface area contributed by atoms with Gasteiger partial charge in [0.2, 0.25) is 0 Å². The van der Waals surface area contributed by atoms with E-state index in [4.69, 9.17) is 16.3 Å². The number of aromatic nitrogens is 1. The van der Waals surface area contributed by atoms with Crippen LogP contribution in [0.5, 0.6) is 0 Å². The van der Waals surface area contributed by atoms with Crippen LogP contribution >= 0.6 is 22.9 Å². The molecule has 0 bridgehead atoms. The van der Waals surface area contributed by atoms with E-state index in [9.17, 15) is 22.8 Å². The van der Waals surface area contributed by atoms with Crippen molar-refractivity contribution in [2.24, 2.45) is 0 Å². The van der Waals surface area contributed by atoms with Gasteiger partial charge in [-0.25, -0.2) is 4.98 Å². The molecule has 2 heterocycles. The molecule has 0 aromatic carbocycles. The van der Waals surface area contributed by atoms with E-state index < -0.39 is 30.2 Å². The van der Waals surface area contributed by atoms with Crippen molar-refractivity contribution < 1.29 is 27.5 Å². The molecule has 1 N–H and O–H groups in total. The lowest BCUT2D eigenvalue weighted by atomic mass is 10.2. The summed E-state index contributed by atoms with van der Waals surface area (Å²) in [5, 5.41) is 5.61. The second kappa shape index (κ2) is 8.30. The van der Waals surface area contributed by atoms with Gasteiger partial charge in [0, 0.05) is 12.6 Å². The van der Waals surface area contributed by atoms with Gasteiger partial charge < -0.3 is 10.1 Å². The van der Waals surface area contributed by atoms with E-state index in [1.807, 2.05) is 16.8 Å². The van der Waals surface area contributed by atoms with Gasteiger partial charge in [0.15, 0.2) is 12.4 Å². The summed E-state index contributed by atoms with van der Waals surface area (Å²) < 4.78 is 42.3. The quantitative estimate of drug-likeness (QED) is 0.756. The Morgan fingerprint density at radius 3 is 2.72 bits per heavy atom. The number of alkyl halides is 3. The number of nitrogens with zero attached hydrogens (tertiary/aromatic N) is 1. The Kier molecular flexibility index (Phi) is 6.38. The van der Waals surface area contributed by atoms with Crippen molar-refractivity contribution in [2.45, 2.75) is 19.0 Å². The fraction of sp³-hybridized carbons (Fsp3) is 0.267. The van der Waals surface area contributed by atoms with Crippen molar-refractivity contribution in [1.29, 1.82) is 0 Å². The van der Waals surface area contributed by atoms with Crippen molar-refractivity contribution in [3.05, 3.63) is 45.2 Å². The molecule has 2 aromatic rings. The van der Waals surface area contributed by atoms with Crippen molar-refractivity contribution in [3.63, 3.8) is 0 Å². The number of hydrogen-bond donors (Lipinski definition) is 1. The van der Waals surface area contributed by atoms with Crippen molar-refractivity contribution in [1.82, 2.24) is 4.98 Å².